The molecule has 0 aromatic carbocycles. The molecule has 2 N–H and O–H groups in total. The van der Waals surface area contributed by atoms with Crippen LogP contribution < -0.4 is 5.73 Å². The molecule has 3 atom stereocenters. The predicted octanol–water partition coefficient (Wildman–Crippen LogP) is 0.961. The lowest BCUT2D eigenvalue weighted by atomic mass is 10.1. The Balaban J connectivity index is 1.81. The number of piperidine rings is 1. The molecule has 86 valence electrons. The minimum Gasteiger partial charge on any atom is -0.329 e. The van der Waals surface area contributed by atoms with Crippen molar-refractivity contribution >= 4 is 0 Å². The summed E-state index contributed by atoms with van der Waals surface area (Å²) in [5.74, 6) is 0.904. The van der Waals surface area contributed by atoms with Crippen LogP contribution in [-0.4, -0.2) is 34.0 Å². The third-order valence-electron chi connectivity index (χ3n) is 4.02. The van der Waals surface area contributed by atoms with Crippen LogP contribution in [0.2, 0.25) is 0 Å². The Bertz CT molecular complexity index is 353. The molecule has 3 rings (SSSR count). The summed E-state index contributed by atoms with van der Waals surface area (Å²) in [6, 6.07) is 3.02. The molecule has 2 fully saturated rings. The smallest absolute Gasteiger partial charge is 0.115 e. The monoisotopic (exact) mass is 218 g/mol. The van der Waals surface area contributed by atoms with E-state index in [9.17, 15) is 0 Å². The maximum atomic E-state index is 5.91. The largest absolute Gasteiger partial charge is 0.329 e. The van der Waals surface area contributed by atoms with Crippen molar-refractivity contribution in [2.75, 3.05) is 13.1 Å². The van der Waals surface area contributed by atoms with Crippen LogP contribution in [0.25, 0.3) is 0 Å². The average Bonchev–Trinajstić information content (AvgIpc) is 2.94. The number of likely N-dealkylation sites (tertiary alicyclic amines) is 1. The number of rotatable bonds is 3. The summed E-state index contributed by atoms with van der Waals surface area (Å²) in [6.07, 6.45) is 7.53. The quantitative estimate of drug-likeness (QED) is 0.821. The second-order valence-electron chi connectivity index (χ2n) is 4.92. The molecular formula is C12H18N4. The third kappa shape index (κ3) is 1.62. The first kappa shape index (κ1) is 10.2. The zero-order valence-corrected chi connectivity index (χ0v) is 9.42. The highest BCUT2D eigenvalue weighted by atomic mass is 15.2. The average molecular weight is 218 g/mol. The summed E-state index contributed by atoms with van der Waals surface area (Å²) in [7, 11) is 0. The molecule has 3 unspecified atom stereocenters. The molecule has 16 heavy (non-hydrogen) atoms. The lowest BCUT2D eigenvalue weighted by Crippen LogP contribution is -2.39. The van der Waals surface area contributed by atoms with Crippen LogP contribution in [0.3, 0.4) is 0 Å². The van der Waals surface area contributed by atoms with Gasteiger partial charge in [0, 0.05) is 25.3 Å². The number of aromatic nitrogens is 2. The minimum absolute atomic E-state index is 0.290. The molecule has 2 aliphatic rings. The van der Waals surface area contributed by atoms with E-state index in [-0.39, 0.29) is 0 Å². The molecule has 0 radical (unpaired) electrons. The lowest BCUT2D eigenvalue weighted by molar-refractivity contribution is 0.150. The normalized spacial score (nSPS) is 30.8. The van der Waals surface area contributed by atoms with Crippen molar-refractivity contribution in [3.63, 3.8) is 0 Å². The highest BCUT2D eigenvalue weighted by Crippen LogP contribution is 2.41. The van der Waals surface area contributed by atoms with Gasteiger partial charge >= 0.3 is 0 Å². The fourth-order valence-corrected chi connectivity index (χ4v) is 3.27. The highest BCUT2D eigenvalue weighted by molar-refractivity contribution is 5.09. The molecule has 4 heteroatoms. The molecule has 2 bridgehead atoms. The third-order valence-corrected chi connectivity index (χ3v) is 4.02. The van der Waals surface area contributed by atoms with Crippen LogP contribution in [0.1, 0.15) is 31.0 Å². The number of nitrogens with zero attached hydrogens (tertiary/aromatic N) is 3. The van der Waals surface area contributed by atoms with Gasteiger partial charge in [0.25, 0.3) is 0 Å². The first-order valence-corrected chi connectivity index (χ1v) is 6.10. The van der Waals surface area contributed by atoms with E-state index in [2.05, 4.69) is 14.9 Å². The van der Waals surface area contributed by atoms with Crippen molar-refractivity contribution < 1.29 is 0 Å². The first-order valence-electron chi connectivity index (χ1n) is 6.10. The van der Waals surface area contributed by atoms with Gasteiger partial charge in [0.1, 0.15) is 6.33 Å². The summed E-state index contributed by atoms with van der Waals surface area (Å²) in [5, 5.41) is 0. The summed E-state index contributed by atoms with van der Waals surface area (Å²) in [4.78, 5) is 10.9. The van der Waals surface area contributed by atoms with Crippen LogP contribution >= 0.6 is 0 Å². The lowest BCUT2D eigenvalue weighted by Gasteiger charge is -2.33. The van der Waals surface area contributed by atoms with Gasteiger partial charge in [0.05, 0.1) is 11.7 Å². The Morgan fingerprint density at radius 3 is 3.00 bits per heavy atom. The van der Waals surface area contributed by atoms with E-state index in [0.29, 0.717) is 12.6 Å². The van der Waals surface area contributed by atoms with Crippen molar-refractivity contribution in [2.24, 2.45) is 11.7 Å². The maximum Gasteiger partial charge on any atom is 0.115 e. The summed E-state index contributed by atoms with van der Waals surface area (Å²) in [6.45, 7) is 1.86. The molecule has 4 nitrogen and oxygen atoms in total. The number of fused-ring (bicyclic) bond motifs is 2. The molecule has 2 heterocycles. The van der Waals surface area contributed by atoms with E-state index >= 15 is 0 Å². The van der Waals surface area contributed by atoms with E-state index in [1.165, 1.54) is 25.8 Å². The second-order valence-corrected chi connectivity index (χ2v) is 4.92. The van der Waals surface area contributed by atoms with Gasteiger partial charge in [-0.3, -0.25) is 4.90 Å². The van der Waals surface area contributed by atoms with E-state index in [0.717, 1.165) is 17.7 Å². The van der Waals surface area contributed by atoms with E-state index < -0.39 is 0 Å². The second kappa shape index (κ2) is 4.11. The van der Waals surface area contributed by atoms with Crippen LogP contribution in [0.15, 0.2) is 18.6 Å². The number of nitrogens with two attached hydrogens (primary N) is 1. The summed E-state index contributed by atoms with van der Waals surface area (Å²) < 4.78 is 0. The molecule has 1 aliphatic heterocycles. The standard InChI is InChI=1S/C12H18N4/c13-6-12(11-3-4-14-8-15-11)16-7-9-1-2-10(16)5-9/h3-4,8-10,12H,1-2,5-7,13H2. The highest BCUT2D eigenvalue weighted by Gasteiger charge is 2.41. The van der Waals surface area contributed by atoms with Gasteiger partial charge in [-0.15, -0.1) is 0 Å². The topological polar surface area (TPSA) is 55.0 Å². The van der Waals surface area contributed by atoms with Crippen molar-refractivity contribution in [3.05, 3.63) is 24.3 Å². The summed E-state index contributed by atoms with van der Waals surface area (Å²) in [5.41, 5.74) is 6.99. The van der Waals surface area contributed by atoms with Crippen LogP contribution in [0, 0.1) is 5.92 Å². The van der Waals surface area contributed by atoms with Gasteiger partial charge < -0.3 is 5.73 Å². The van der Waals surface area contributed by atoms with Crippen molar-refractivity contribution in [2.45, 2.75) is 31.3 Å². The molecule has 1 aromatic rings. The van der Waals surface area contributed by atoms with Gasteiger partial charge in [-0.25, -0.2) is 9.97 Å². The SMILES string of the molecule is NCC(c1ccncn1)N1CC2CCC1C2. The van der Waals surface area contributed by atoms with Gasteiger partial charge in [0.15, 0.2) is 0 Å². The van der Waals surface area contributed by atoms with Crippen molar-refractivity contribution in [1.82, 2.24) is 14.9 Å². The molecule has 1 aliphatic carbocycles. The van der Waals surface area contributed by atoms with Crippen molar-refractivity contribution in [3.8, 4) is 0 Å². The van der Waals surface area contributed by atoms with Gasteiger partial charge in [0.2, 0.25) is 0 Å². The van der Waals surface area contributed by atoms with Crippen molar-refractivity contribution in [1.29, 1.82) is 0 Å². The Morgan fingerprint density at radius 1 is 1.50 bits per heavy atom. The predicted molar refractivity (Wildman–Crippen MR) is 61.7 cm³/mol. The molecule has 1 saturated heterocycles. The Kier molecular flexibility index (Phi) is 2.61. The van der Waals surface area contributed by atoms with Crippen LogP contribution in [0.5, 0.6) is 0 Å². The molecule has 0 amide bonds. The number of hydrogen-bond acceptors (Lipinski definition) is 4. The van der Waals surface area contributed by atoms with E-state index in [4.69, 9.17) is 5.73 Å². The zero-order valence-electron chi connectivity index (χ0n) is 9.42. The summed E-state index contributed by atoms with van der Waals surface area (Å²) >= 11 is 0. The molecule has 1 saturated carbocycles. The fraction of sp³-hybridized carbons (Fsp3) is 0.667. The molecule has 1 aromatic heterocycles. The zero-order chi connectivity index (χ0) is 11.0. The van der Waals surface area contributed by atoms with E-state index in [1.54, 1.807) is 12.5 Å². The minimum atomic E-state index is 0.290. The van der Waals surface area contributed by atoms with Crippen LogP contribution in [-0.2, 0) is 0 Å². The Hall–Kier alpha value is -1.00. The van der Waals surface area contributed by atoms with E-state index in [1.807, 2.05) is 6.07 Å². The van der Waals surface area contributed by atoms with Gasteiger partial charge in [-0.05, 0) is 31.2 Å². The first-order chi connectivity index (χ1) is 7.88. The fourth-order valence-electron chi connectivity index (χ4n) is 3.27. The van der Waals surface area contributed by atoms with Gasteiger partial charge in [-0.1, -0.05) is 0 Å². The van der Waals surface area contributed by atoms with Gasteiger partial charge in [-0.2, -0.15) is 0 Å². The molecule has 0 spiro atoms. The maximum absolute atomic E-state index is 5.91. The molecular weight excluding hydrogens is 200 g/mol. The Labute approximate surface area is 95.9 Å². The Morgan fingerprint density at radius 2 is 2.44 bits per heavy atom. The van der Waals surface area contributed by atoms with Crippen LogP contribution in [0.4, 0.5) is 0 Å². The number of hydrogen-bond donors (Lipinski definition) is 1.